The fourth-order valence-corrected chi connectivity index (χ4v) is 1.80. The summed E-state index contributed by atoms with van der Waals surface area (Å²) in [5, 5.41) is 0. The highest BCUT2D eigenvalue weighted by atomic mass is 79.9. The third-order valence-electron chi connectivity index (χ3n) is 2.32. The lowest BCUT2D eigenvalue weighted by atomic mass is 10.3. The first-order chi connectivity index (χ1) is 8.70. The van der Waals surface area contributed by atoms with Crippen LogP contribution in [0.2, 0.25) is 0 Å². The number of rotatable bonds is 4. The summed E-state index contributed by atoms with van der Waals surface area (Å²) in [7, 11) is 1.53. The molecule has 94 valence electrons. The molecule has 0 fully saturated rings. The van der Waals surface area contributed by atoms with Crippen LogP contribution in [0.5, 0.6) is 11.6 Å². The summed E-state index contributed by atoms with van der Waals surface area (Å²) >= 11 is 3.27. The summed E-state index contributed by atoms with van der Waals surface area (Å²) in [5.41, 5.74) is 0.763. The molecule has 0 amide bonds. The van der Waals surface area contributed by atoms with Crippen LogP contribution in [0.4, 0.5) is 4.39 Å². The number of halogens is 2. The van der Waals surface area contributed by atoms with Crippen molar-refractivity contribution in [1.29, 1.82) is 0 Å². The lowest BCUT2D eigenvalue weighted by molar-refractivity contribution is 0.280. The maximum Gasteiger partial charge on any atom is 0.219 e. The van der Waals surface area contributed by atoms with Gasteiger partial charge in [-0.05, 0) is 30.3 Å². The van der Waals surface area contributed by atoms with Crippen molar-refractivity contribution in [2.24, 2.45) is 0 Å². The Morgan fingerprint density at radius 2 is 2.17 bits per heavy atom. The maximum absolute atomic E-state index is 13.5. The molecule has 0 aliphatic heterocycles. The molecule has 0 atom stereocenters. The van der Waals surface area contributed by atoms with E-state index in [-0.39, 0.29) is 12.4 Å². The van der Waals surface area contributed by atoms with Gasteiger partial charge in [0, 0.05) is 10.7 Å². The van der Waals surface area contributed by atoms with E-state index in [4.69, 9.17) is 9.47 Å². The minimum atomic E-state index is -0.402. The van der Waals surface area contributed by atoms with Crippen LogP contribution in [0, 0.1) is 5.82 Å². The van der Waals surface area contributed by atoms with E-state index < -0.39 is 5.82 Å². The molecule has 0 bridgehead atoms. The number of aromatic nitrogens is 1. The fourth-order valence-electron chi connectivity index (χ4n) is 1.46. The predicted molar refractivity (Wildman–Crippen MR) is 69.2 cm³/mol. The fraction of sp³-hybridized carbons (Fsp3) is 0.154. The first kappa shape index (κ1) is 12.8. The number of methoxy groups -OCH3 is 1. The molecule has 0 saturated heterocycles. The summed E-state index contributed by atoms with van der Waals surface area (Å²) in [6, 6.07) is 8.14. The molecule has 0 saturated carbocycles. The van der Waals surface area contributed by atoms with Gasteiger partial charge in [0.25, 0.3) is 0 Å². The SMILES string of the molecule is COc1ncccc1COc1cc(Br)ccc1F. The smallest absolute Gasteiger partial charge is 0.219 e. The van der Waals surface area contributed by atoms with Crippen LogP contribution in [-0.2, 0) is 6.61 Å². The topological polar surface area (TPSA) is 31.4 Å². The molecule has 0 spiro atoms. The molecule has 3 nitrogen and oxygen atoms in total. The Kier molecular flexibility index (Phi) is 4.15. The molecule has 0 aliphatic rings. The van der Waals surface area contributed by atoms with Gasteiger partial charge in [0.15, 0.2) is 11.6 Å². The van der Waals surface area contributed by atoms with E-state index in [0.717, 1.165) is 10.0 Å². The van der Waals surface area contributed by atoms with Crippen molar-refractivity contribution < 1.29 is 13.9 Å². The average Bonchev–Trinajstić information content (AvgIpc) is 2.40. The summed E-state index contributed by atoms with van der Waals surface area (Å²) < 4.78 is 24.7. The first-order valence-corrected chi connectivity index (χ1v) is 6.05. The number of hydrogen-bond donors (Lipinski definition) is 0. The van der Waals surface area contributed by atoms with Gasteiger partial charge >= 0.3 is 0 Å². The third kappa shape index (κ3) is 2.98. The van der Waals surface area contributed by atoms with Crippen LogP contribution in [0.1, 0.15) is 5.56 Å². The van der Waals surface area contributed by atoms with E-state index >= 15 is 0 Å². The Labute approximate surface area is 113 Å². The number of ether oxygens (including phenoxy) is 2. The van der Waals surface area contributed by atoms with Gasteiger partial charge in [-0.25, -0.2) is 9.37 Å². The van der Waals surface area contributed by atoms with Crippen molar-refractivity contribution in [2.45, 2.75) is 6.61 Å². The van der Waals surface area contributed by atoms with E-state index in [9.17, 15) is 4.39 Å². The highest BCUT2D eigenvalue weighted by Gasteiger charge is 2.07. The summed E-state index contributed by atoms with van der Waals surface area (Å²) in [5.74, 6) is 0.268. The van der Waals surface area contributed by atoms with Crippen LogP contribution in [0.15, 0.2) is 41.0 Å². The summed E-state index contributed by atoms with van der Waals surface area (Å²) in [6.45, 7) is 0.199. The number of nitrogens with zero attached hydrogens (tertiary/aromatic N) is 1. The molecule has 0 N–H and O–H groups in total. The first-order valence-electron chi connectivity index (χ1n) is 5.26. The van der Waals surface area contributed by atoms with Gasteiger partial charge in [0.2, 0.25) is 5.88 Å². The normalized spacial score (nSPS) is 10.2. The zero-order chi connectivity index (χ0) is 13.0. The number of pyridine rings is 1. The predicted octanol–water partition coefficient (Wildman–Crippen LogP) is 3.57. The standard InChI is InChI=1S/C13H11BrFNO2/c1-17-13-9(3-2-6-16-13)8-18-12-7-10(14)4-5-11(12)15/h2-7H,8H2,1H3. The van der Waals surface area contributed by atoms with Crippen molar-refractivity contribution in [1.82, 2.24) is 4.98 Å². The number of benzene rings is 1. The van der Waals surface area contributed by atoms with Gasteiger partial charge in [0.05, 0.1) is 12.7 Å². The maximum atomic E-state index is 13.5. The largest absolute Gasteiger partial charge is 0.486 e. The van der Waals surface area contributed by atoms with Gasteiger partial charge in [-0.2, -0.15) is 0 Å². The van der Waals surface area contributed by atoms with Gasteiger partial charge in [0.1, 0.15) is 6.61 Å². The molecular weight excluding hydrogens is 301 g/mol. The van der Waals surface area contributed by atoms with E-state index in [1.807, 2.05) is 6.07 Å². The second-order valence-electron chi connectivity index (χ2n) is 3.54. The zero-order valence-electron chi connectivity index (χ0n) is 9.69. The monoisotopic (exact) mass is 311 g/mol. The molecule has 1 aromatic carbocycles. The van der Waals surface area contributed by atoms with E-state index in [2.05, 4.69) is 20.9 Å². The van der Waals surface area contributed by atoms with Crippen LogP contribution in [0.3, 0.4) is 0 Å². The lowest BCUT2D eigenvalue weighted by Gasteiger charge is -2.10. The highest BCUT2D eigenvalue weighted by molar-refractivity contribution is 9.10. The van der Waals surface area contributed by atoms with Crippen molar-refractivity contribution in [3.05, 3.63) is 52.4 Å². The second-order valence-corrected chi connectivity index (χ2v) is 4.45. The molecule has 0 aliphatic carbocycles. The lowest BCUT2D eigenvalue weighted by Crippen LogP contribution is -2.01. The van der Waals surface area contributed by atoms with Gasteiger partial charge < -0.3 is 9.47 Å². The second kappa shape index (κ2) is 5.82. The van der Waals surface area contributed by atoms with E-state index in [1.54, 1.807) is 24.4 Å². The Bertz CT molecular complexity index is 548. The van der Waals surface area contributed by atoms with Gasteiger partial charge in [-0.15, -0.1) is 0 Å². The Hall–Kier alpha value is -1.62. The minimum absolute atomic E-state index is 0.190. The van der Waals surface area contributed by atoms with Crippen molar-refractivity contribution in [2.75, 3.05) is 7.11 Å². The highest BCUT2D eigenvalue weighted by Crippen LogP contribution is 2.24. The van der Waals surface area contributed by atoms with Crippen LogP contribution in [-0.4, -0.2) is 12.1 Å². The van der Waals surface area contributed by atoms with Gasteiger partial charge in [-0.3, -0.25) is 0 Å². The van der Waals surface area contributed by atoms with Crippen LogP contribution < -0.4 is 9.47 Å². The van der Waals surface area contributed by atoms with Crippen molar-refractivity contribution >= 4 is 15.9 Å². The molecule has 18 heavy (non-hydrogen) atoms. The van der Waals surface area contributed by atoms with E-state index in [0.29, 0.717) is 5.88 Å². The Balaban J connectivity index is 2.14. The summed E-state index contributed by atoms with van der Waals surface area (Å²) in [4.78, 5) is 4.04. The van der Waals surface area contributed by atoms with Gasteiger partial charge in [-0.1, -0.05) is 15.9 Å². The Morgan fingerprint density at radius 3 is 2.94 bits per heavy atom. The molecule has 5 heteroatoms. The zero-order valence-corrected chi connectivity index (χ0v) is 11.3. The molecular formula is C13H11BrFNO2. The molecule has 1 heterocycles. The quantitative estimate of drug-likeness (QED) is 0.865. The molecule has 0 unspecified atom stereocenters. The molecule has 2 rings (SSSR count). The third-order valence-corrected chi connectivity index (χ3v) is 2.81. The Morgan fingerprint density at radius 1 is 1.33 bits per heavy atom. The molecule has 0 radical (unpaired) electrons. The van der Waals surface area contributed by atoms with Crippen LogP contribution >= 0.6 is 15.9 Å². The van der Waals surface area contributed by atoms with Crippen molar-refractivity contribution in [3.8, 4) is 11.6 Å². The van der Waals surface area contributed by atoms with Crippen molar-refractivity contribution in [3.63, 3.8) is 0 Å². The molecule has 1 aromatic heterocycles. The van der Waals surface area contributed by atoms with Crippen LogP contribution in [0.25, 0.3) is 0 Å². The van der Waals surface area contributed by atoms with E-state index in [1.165, 1.54) is 13.2 Å². The average molecular weight is 312 g/mol. The minimum Gasteiger partial charge on any atom is -0.486 e. The number of hydrogen-bond acceptors (Lipinski definition) is 3. The summed E-state index contributed by atoms with van der Waals surface area (Å²) in [6.07, 6.45) is 1.63. The molecule has 2 aromatic rings.